The van der Waals surface area contributed by atoms with Crippen molar-refractivity contribution in [3.63, 3.8) is 0 Å². The van der Waals surface area contributed by atoms with Crippen molar-refractivity contribution in [2.75, 3.05) is 0 Å². The molecule has 2 rings (SSSR count). The second-order valence-corrected chi connectivity index (χ2v) is 8.38. The highest BCUT2D eigenvalue weighted by molar-refractivity contribution is 7.18. The van der Waals surface area contributed by atoms with E-state index in [0.29, 0.717) is 18.9 Å². The molecule has 4 nitrogen and oxygen atoms in total. The Morgan fingerprint density at radius 2 is 1.92 bits per heavy atom. The van der Waals surface area contributed by atoms with Gasteiger partial charge < -0.3 is 10.6 Å². The molecule has 0 aromatic rings. The highest BCUT2D eigenvalue weighted by atomic mass is 31.0. The van der Waals surface area contributed by atoms with Gasteiger partial charge in [0.1, 0.15) is 0 Å². The van der Waals surface area contributed by atoms with E-state index in [1.54, 1.807) is 0 Å². The highest BCUT2D eigenvalue weighted by Crippen LogP contribution is 2.27. The minimum Gasteiger partial charge on any atom is -0.347 e. The molecule has 2 N–H and O–H groups in total. The number of nitrogens with one attached hydrogen (secondary N) is 2. The monoisotopic (exact) mass is 352 g/mol. The first-order valence-corrected chi connectivity index (χ1v) is 10.1. The fourth-order valence-corrected chi connectivity index (χ4v) is 3.83. The van der Waals surface area contributed by atoms with Gasteiger partial charge in [0.05, 0.1) is 5.28 Å². The van der Waals surface area contributed by atoms with E-state index >= 15 is 0 Å². The number of carbonyl (C=O) groups excluding carboxylic acids is 2. The average Bonchev–Trinajstić information content (AvgIpc) is 2.92. The summed E-state index contributed by atoms with van der Waals surface area (Å²) in [6.45, 7) is 4.16. The van der Waals surface area contributed by atoms with Crippen molar-refractivity contribution < 1.29 is 9.59 Å². The Balaban J connectivity index is 1.69. The van der Waals surface area contributed by atoms with Crippen LogP contribution in [0.15, 0.2) is 11.6 Å². The van der Waals surface area contributed by atoms with Crippen LogP contribution in [0.5, 0.6) is 0 Å². The van der Waals surface area contributed by atoms with E-state index in [1.807, 2.05) is 0 Å². The number of carbonyl (C=O) groups is 2. The first kappa shape index (κ1) is 19.6. The van der Waals surface area contributed by atoms with Crippen molar-refractivity contribution in [3.8, 4) is 0 Å². The lowest BCUT2D eigenvalue weighted by Crippen LogP contribution is -2.42. The third-order valence-corrected chi connectivity index (χ3v) is 6.49. The van der Waals surface area contributed by atoms with E-state index < -0.39 is 0 Å². The molecular weight excluding hydrogens is 319 g/mol. The summed E-state index contributed by atoms with van der Waals surface area (Å²) in [5.74, 6) is 0.369. The number of Topliss-reactive ketones (excluding diaryl/α,β-unsaturated/α-hetero) is 1. The van der Waals surface area contributed by atoms with Crippen LogP contribution in [0.3, 0.4) is 0 Å². The van der Waals surface area contributed by atoms with Gasteiger partial charge in [-0.1, -0.05) is 19.9 Å². The summed E-state index contributed by atoms with van der Waals surface area (Å²) in [4.78, 5) is 24.5. The van der Waals surface area contributed by atoms with Crippen LogP contribution in [0.2, 0.25) is 0 Å². The predicted molar refractivity (Wildman–Crippen MR) is 102 cm³/mol. The second-order valence-electron chi connectivity index (χ2n) is 7.27. The molecule has 0 saturated carbocycles. The van der Waals surface area contributed by atoms with Crippen molar-refractivity contribution >= 4 is 20.9 Å². The molecule has 2 bridgehead atoms. The topological polar surface area (TPSA) is 58.2 Å². The molecule has 2 aliphatic rings. The Morgan fingerprint density at radius 3 is 2.62 bits per heavy atom. The Bertz CT molecular complexity index is 486. The number of unbranched alkanes of at least 4 members (excludes halogenated alkanes) is 1. The number of fused-ring (bicyclic) bond motifs is 2. The zero-order chi connectivity index (χ0) is 17.6. The molecular formula is C19H33N2O2P. The van der Waals surface area contributed by atoms with Gasteiger partial charge in [0.15, 0.2) is 5.78 Å². The standard InChI is InChI=1S/C19H33N2O2P/c1-3-19(24,4-2)21-18(23)11-6-5-10-17(22)15-9-7-8-14-12-13-16(15)20-14/h9,14,16,20H,3-8,10-13,24H2,1-2H3,(H,21,23)/t14-,16?/m1/s1. The third kappa shape index (κ3) is 5.39. The molecule has 2 heterocycles. The normalized spacial score (nSPS) is 23.5. The molecule has 0 aliphatic carbocycles. The van der Waals surface area contributed by atoms with E-state index in [1.165, 1.54) is 6.42 Å². The lowest BCUT2D eigenvalue weighted by molar-refractivity contribution is -0.122. The molecule has 136 valence electrons. The van der Waals surface area contributed by atoms with Crippen LogP contribution in [0, 0.1) is 0 Å². The van der Waals surface area contributed by atoms with Gasteiger partial charge in [-0.25, -0.2) is 0 Å². The molecule has 1 saturated heterocycles. The molecule has 2 aliphatic heterocycles. The van der Waals surface area contributed by atoms with Gasteiger partial charge in [-0.2, -0.15) is 0 Å². The van der Waals surface area contributed by atoms with Crippen LogP contribution in [-0.4, -0.2) is 29.1 Å². The van der Waals surface area contributed by atoms with Crippen LogP contribution in [0.1, 0.15) is 78.1 Å². The SMILES string of the molecule is CCC(P)(CC)NC(=O)CCCCC(=O)C1=CCC[C@@H]2CCC1N2. The Kier molecular flexibility index (Phi) is 7.43. The zero-order valence-corrected chi connectivity index (χ0v) is 16.4. The Labute approximate surface area is 148 Å². The summed E-state index contributed by atoms with van der Waals surface area (Å²) >= 11 is 0. The first-order chi connectivity index (χ1) is 11.5. The van der Waals surface area contributed by atoms with Gasteiger partial charge in [-0.05, 0) is 51.4 Å². The molecule has 1 fully saturated rings. The highest BCUT2D eigenvalue weighted by Gasteiger charge is 2.30. The summed E-state index contributed by atoms with van der Waals surface area (Å²) in [6.07, 6.45) is 11.1. The smallest absolute Gasteiger partial charge is 0.220 e. The van der Waals surface area contributed by atoms with Crippen LogP contribution in [-0.2, 0) is 9.59 Å². The van der Waals surface area contributed by atoms with Crippen molar-refractivity contribution in [1.29, 1.82) is 0 Å². The first-order valence-electron chi connectivity index (χ1n) is 9.56. The average molecular weight is 352 g/mol. The van der Waals surface area contributed by atoms with E-state index in [0.717, 1.165) is 50.5 Å². The number of hydrogen-bond acceptors (Lipinski definition) is 3. The molecule has 2 unspecified atom stereocenters. The summed E-state index contributed by atoms with van der Waals surface area (Å²) in [6, 6.07) is 0.879. The zero-order valence-electron chi connectivity index (χ0n) is 15.2. The summed E-state index contributed by atoms with van der Waals surface area (Å²) in [5.41, 5.74) is 1.00. The van der Waals surface area contributed by atoms with E-state index in [9.17, 15) is 9.59 Å². The summed E-state index contributed by atoms with van der Waals surface area (Å²) in [5, 5.41) is 6.49. The Hall–Kier alpha value is -0.730. The Morgan fingerprint density at radius 1 is 1.21 bits per heavy atom. The van der Waals surface area contributed by atoms with Crippen molar-refractivity contribution in [2.24, 2.45) is 0 Å². The van der Waals surface area contributed by atoms with Gasteiger partial charge in [0.2, 0.25) is 5.91 Å². The summed E-state index contributed by atoms with van der Waals surface area (Å²) in [7, 11) is 2.76. The van der Waals surface area contributed by atoms with Crippen molar-refractivity contribution in [3.05, 3.63) is 11.6 Å². The van der Waals surface area contributed by atoms with Crippen LogP contribution in [0.25, 0.3) is 0 Å². The minimum absolute atomic E-state index is 0.0927. The van der Waals surface area contributed by atoms with Crippen LogP contribution in [0.4, 0.5) is 0 Å². The lowest BCUT2D eigenvalue weighted by Gasteiger charge is -2.28. The molecule has 5 heteroatoms. The second kappa shape index (κ2) is 9.10. The molecule has 0 aromatic carbocycles. The molecule has 0 spiro atoms. The molecule has 0 aromatic heterocycles. The van der Waals surface area contributed by atoms with Crippen LogP contribution >= 0.6 is 9.24 Å². The van der Waals surface area contributed by atoms with Gasteiger partial charge in [-0.3, -0.25) is 9.59 Å². The number of rotatable bonds is 9. The third-order valence-electron chi connectivity index (χ3n) is 5.53. The van der Waals surface area contributed by atoms with E-state index in [-0.39, 0.29) is 23.0 Å². The predicted octanol–water partition coefficient (Wildman–Crippen LogP) is 3.46. The van der Waals surface area contributed by atoms with Crippen molar-refractivity contribution in [2.45, 2.75) is 95.4 Å². The fraction of sp³-hybridized carbons (Fsp3) is 0.789. The molecule has 24 heavy (non-hydrogen) atoms. The maximum absolute atomic E-state index is 12.5. The van der Waals surface area contributed by atoms with Gasteiger partial charge >= 0.3 is 0 Å². The number of ketones is 1. The maximum atomic E-state index is 12.5. The van der Waals surface area contributed by atoms with Gasteiger partial charge in [0.25, 0.3) is 0 Å². The van der Waals surface area contributed by atoms with Gasteiger partial charge in [0, 0.05) is 30.5 Å². The number of hydrogen-bond donors (Lipinski definition) is 2. The fourth-order valence-electron chi connectivity index (χ4n) is 3.66. The molecule has 0 radical (unpaired) electrons. The number of amides is 1. The van der Waals surface area contributed by atoms with Gasteiger partial charge in [-0.15, -0.1) is 9.24 Å². The minimum atomic E-state index is -0.178. The largest absolute Gasteiger partial charge is 0.347 e. The molecule has 1 amide bonds. The van der Waals surface area contributed by atoms with Crippen molar-refractivity contribution in [1.82, 2.24) is 10.6 Å². The molecule has 3 atom stereocenters. The maximum Gasteiger partial charge on any atom is 0.220 e. The van der Waals surface area contributed by atoms with E-state index in [4.69, 9.17) is 0 Å². The quantitative estimate of drug-likeness (QED) is 0.493. The number of allylic oxidation sites excluding steroid dienone is 1. The summed E-state index contributed by atoms with van der Waals surface area (Å²) < 4.78 is 0. The lowest BCUT2D eigenvalue weighted by atomic mass is 9.94. The van der Waals surface area contributed by atoms with Crippen LogP contribution < -0.4 is 10.6 Å². The van der Waals surface area contributed by atoms with E-state index in [2.05, 4.69) is 39.8 Å².